The molecule has 1 aliphatic rings. The number of nitrogens with zero attached hydrogens (tertiary/aromatic N) is 2. The molecule has 3 aromatic rings. The Kier molecular flexibility index (Phi) is 8.33. The largest absolute Gasteiger partial charge is 0.489 e. The Morgan fingerprint density at radius 1 is 1.05 bits per heavy atom. The van der Waals surface area contributed by atoms with Crippen molar-refractivity contribution in [3.05, 3.63) is 81.5 Å². The van der Waals surface area contributed by atoms with E-state index in [1.807, 2.05) is 0 Å². The van der Waals surface area contributed by atoms with Gasteiger partial charge in [0.2, 0.25) is 0 Å². The second-order valence-corrected chi connectivity index (χ2v) is 10.6. The number of likely N-dealkylation sites (tertiary alicyclic amines) is 1. The summed E-state index contributed by atoms with van der Waals surface area (Å²) in [5.74, 6) is 0.341. The molecule has 4 rings (SSSR count). The number of rotatable bonds is 10. The van der Waals surface area contributed by atoms with Gasteiger partial charge in [-0.05, 0) is 72.6 Å². The summed E-state index contributed by atoms with van der Waals surface area (Å²) in [5.41, 5.74) is 10.4. The fourth-order valence-corrected chi connectivity index (χ4v) is 5.18. The van der Waals surface area contributed by atoms with Crippen molar-refractivity contribution >= 4 is 5.97 Å². The maximum absolute atomic E-state index is 11.4. The highest BCUT2D eigenvalue weighted by Gasteiger charge is 2.33. The zero-order chi connectivity index (χ0) is 26.7. The van der Waals surface area contributed by atoms with E-state index in [-0.39, 0.29) is 5.92 Å². The molecule has 0 aliphatic carbocycles. The van der Waals surface area contributed by atoms with Gasteiger partial charge >= 0.3 is 5.97 Å². The Bertz CT molecular complexity index is 1250. The fraction of sp³-hybridized carbons (Fsp3) is 0.438. The summed E-state index contributed by atoms with van der Waals surface area (Å²) in [6.45, 7) is 15.2. The van der Waals surface area contributed by atoms with Crippen LogP contribution in [-0.4, -0.2) is 34.0 Å². The number of aryl methyl sites for hydroxylation is 4. The van der Waals surface area contributed by atoms with Crippen LogP contribution in [0.2, 0.25) is 0 Å². The Morgan fingerprint density at radius 3 is 2.32 bits per heavy atom. The summed E-state index contributed by atoms with van der Waals surface area (Å²) in [5, 5.41) is 9.36. The molecular formula is C32H40N2O3. The van der Waals surface area contributed by atoms with Crippen LogP contribution in [-0.2, 0) is 30.8 Å². The van der Waals surface area contributed by atoms with Crippen molar-refractivity contribution in [2.75, 3.05) is 13.1 Å². The highest BCUT2D eigenvalue weighted by Crippen LogP contribution is 2.32. The molecule has 1 N–H and O–H groups in total. The molecule has 0 radical (unpaired) electrons. The van der Waals surface area contributed by atoms with Crippen LogP contribution in [0.3, 0.4) is 0 Å². The lowest BCUT2D eigenvalue weighted by Gasteiger charge is -2.37. The van der Waals surface area contributed by atoms with E-state index in [0.29, 0.717) is 32.2 Å². The minimum atomic E-state index is -0.712. The lowest BCUT2D eigenvalue weighted by molar-refractivity contribution is -0.147. The molecule has 0 unspecified atom stereocenters. The van der Waals surface area contributed by atoms with Gasteiger partial charge in [-0.15, -0.1) is 0 Å². The van der Waals surface area contributed by atoms with Gasteiger partial charge < -0.3 is 9.84 Å². The summed E-state index contributed by atoms with van der Waals surface area (Å²) in [7, 11) is 0. The van der Waals surface area contributed by atoms with E-state index in [9.17, 15) is 9.90 Å². The van der Waals surface area contributed by atoms with Crippen molar-refractivity contribution in [2.45, 2.75) is 73.5 Å². The molecular weight excluding hydrogens is 460 g/mol. The number of hydrogen-bond acceptors (Lipinski definition) is 4. The van der Waals surface area contributed by atoms with Crippen LogP contribution < -0.4 is 4.74 Å². The van der Waals surface area contributed by atoms with Crippen molar-refractivity contribution < 1.29 is 14.6 Å². The fourth-order valence-electron chi connectivity index (χ4n) is 5.18. The maximum Gasteiger partial charge on any atom is 0.309 e. The molecule has 37 heavy (non-hydrogen) atoms. The Hall–Kier alpha value is -3.18. The first-order valence-electron chi connectivity index (χ1n) is 13.5. The molecule has 0 spiro atoms. The molecule has 0 saturated carbocycles. The molecule has 1 saturated heterocycles. The van der Waals surface area contributed by atoms with Crippen molar-refractivity contribution in [3.63, 3.8) is 0 Å². The van der Waals surface area contributed by atoms with Crippen molar-refractivity contribution in [2.24, 2.45) is 5.92 Å². The quantitative estimate of drug-likeness (QED) is 0.335. The number of carbonyl (C=O) groups is 1. The Morgan fingerprint density at radius 2 is 1.73 bits per heavy atom. The number of pyridine rings is 1. The number of hydrogen-bond donors (Lipinski definition) is 1. The van der Waals surface area contributed by atoms with Gasteiger partial charge in [0.25, 0.3) is 0 Å². The maximum atomic E-state index is 11.4. The molecule has 196 valence electrons. The third kappa shape index (κ3) is 5.88. The van der Waals surface area contributed by atoms with E-state index in [1.165, 1.54) is 22.3 Å². The van der Waals surface area contributed by atoms with Gasteiger partial charge in [0.1, 0.15) is 12.4 Å². The lowest BCUT2D eigenvalue weighted by Crippen LogP contribution is -2.49. The van der Waals surface area contributed by atoms with Crippen LogP contribution in [0, 0.1) is 19.8 Å². The van der Waals surface area contributed by atoms with Gasteiger partial charge in [-0.25, -0.2) is 0 Å². The predicted octanol–water partition coefficient (Wildman–Crippen LogP) is 6.71. The average molecular weight is 501 g/mol. The van der Waals surface area contributed by atoms with Gasteiger partial charge in [-0.2, -0.15) is 0 Å². The summed E-state index contributed by atoms with van der Waals surface area (Å²) in [6.07, 6.45) is 1.89. The number of aromatic nitrogens is 1. The zero-order valence-electron chi connectivity index (χ0n) is 23.1. The monoisotopic (exact) mass is 500 g/mol. The molecule has 0 bridgehead atoms. The van der Waals surface area contributed by atoms with Crippen LogP contribution in [0.15, 0.2) is 42.5 Å². The number of benzene rings is 2. The summed E-state index contributed by atoms with van der Waals surface area (Å²) in [4.78, 5) is 18.7. The first kappa shape index (κ1) is 26.9. The topological polar surface area (TPSA) is 62.7 Å². The predicted molar refractivity (Wildman–Crippen MR) is 149 cm³/mol. The smallest absolute Gasteiger partial charge is 0.309 e. The highest BCUT2D eigenvalue weighted by atomic mass is 16.5. The zero-order valence-corrected chi connectivity index (χ0v) is 23.1. The number of aliphatic carboxylic acids is 1. The summed E-state index contributed by atoms with van der Waals surface area (Å²) >= 11 is 0. The first-order chi connectivity index (χ1) is 17.7. The van der Waals surface area contributed by atoms with Crippen molar-refractivity contribution in [1.29, 1.82) is 0 Å². The molecule has 0 atom stereocenters. The van der Waals surface area contributed by atoms with E-state index in [4.69, 9.17) is 9.72 Å². The average Bonchev–Trinajstić information content (AvgIpc) is 2.84. The van der Waals surface area contributed by atoms with Gasteiger partial charge in [0, 0.05) is 36.5 Å². The van der Waals surface area contributed by atoms with Crippen LogP contribution >= 0.6 is 0 Å². The second-order valence-electron chi connectivity index (χ2n) is 10.6. The Balaban J connectivity index is 1.71. The third-order valence-electron chi connectivity index (χ3n) is 7.63. The van der Waals surface area contributed by atoms with Gasteiger partial charge in [0.15, 0.2) is 0 Å². The van der Waals surface area contributed by atoms with Gasteiger partial charge in [-0.1, -0.05) is 58.0 Å². The summed E-state index contributed by atoms with van der Waals surface area (Å²) in [6, 6.07) is 15.2. The highest BCUT2D eigenvalue weighted by molar-refractivity contribution is 5.72. The van der Waals surface area contributed by atoms with E-state index in [2.05, 4.69) is 88.9 Å². The van der Waals surface area contributed by atoms with Crippen molar-refractivity contribution in [1.82, 2.24) is 9.88 Å². The van der Waals surface area contributed by atoms with E-state index < -0.39 is 5.97 Å². The van der Waals surface area contributed by atoms with Crippen LogP contribution in [0.1, 0.15) is 72.7 Å². The minimum absolute atomic E-state index is 0.281. The first-order valence-corrected chi connectivity index (χ1v) is 13.5. The molecule has 5 heteroatoms. The van der Waals surface area contributed by atoms with Crippen LogP contribution in [0.5, 0.6) is 5.75 Å². The molecule has 2 aromatic carbocycles. The lowest BCUT2D eigenvalue weighted by atomic mass is 9.92. The van der Waals surface area contributed by atoms with Crippen LogP contribution in [0.4, 0.5) is 0 Å². The van der Waals surface area contributed by atoms with Gasteiger partial charge in [-0.3, -0.25) is 14.7 Å². The molecule has 1 fully saturated rings. The standard InChI is InChI=1S/C32H40N2O3/c1-7-23-10-9-11-24(8-2)31(23)29-14-26(16-34-17-27(18-34)32(35)36)28(22(6)33-29)19-37-30-15-25(20(3)4)13-12-21(30)5/h9-15,20,27H,7-8,16-19H2,1-6H3,(H,35,36). The van der Waals surface area contributed by atoms with Gasteiger partial charge in [0.05, 0.1) is 11.6 Å². The van der Waals surface area contributed by atoms with Crippen LogP contribution in [0.25, 0.3) is 11.3 Å². The number of ether oxygens (including phenoxy) is 1. The minimum Gasteiger partial charge on any atom is -0.489 e. The number of carboxylic acids is 1. The molecule has 1 aromatic heterocycles. The molecule has 1 aliphatic heterocycles. The molecule has 2 heterocycles. The second kappa shape index (κ2) is 11.5. The third-order valence-corrected chi connectivity index (χ3v) is 7.63. The SMILES string of the molecule is CCc1cccc(CC)c1-c1cc(CN2CC(C(=O)O)C2)c(COc2cc(C(C)C)ccc2C)c(C)n1. The van der Waals surface area contributed by atoms with E-state index in [0.717, 1.165) is 46.7 Å². The van der Waals surface area contributed by atoms with Crippen molar-refractivity contribution in [3.8, 4) is 17.0 Å². The Labute approximate surface area is 221 Å². The summed E-state index contributed by atoms with van der Waals surface area (Å²) < 4.78 is 6.41. The molecule has 5 nitrogen and oxygen atoms in total. The molecule has 0 amide bonds. The normalized spacial score (nSPS) is 14.1. The number of carboxylic acid groups (broad SMARTS) is 1. The van der Waals surface area contributed by atoms with E-state index >= 15 is 0 Å². The van der Waals surface area contributed by atoms with E-state index in [1.54, 1.807) is 0 Å².